The molecule has 0 saturated heterocycles. The standard InChI is InChI=1S/C18H23N3O3/c1-21(2)11-5-10-20-18(23)14-8-9-15(24-3)12-6-4-7-13(16(12)14)17(19)22/h4,6-9H,5,10-11H2,1-3H3,(H2,19,22)(H,20,23). The zero-order chi connectivity index (χ0) is 17.7. The van der Waals surface area contributed by atoms with E-state index in [2.05, 4.69) is 10.2 Å². The minimum Gasteiger partial charge on any atom is -0.496 e. The fourth-order valence-electron chi connectivity index (χ4n) is 2.64. The first-order chi connectivity index (χ1) is 11.5. The molecule has 0 heterocycles. The van der Waals surface area contributed by atoms with Crippen LogP contribution in [0.2, 0.25) is 0 Å². The molecule has 0 aliphatic carbocycles. The largest absolute Gasteiger partial charge is 0.496 e. The van der Waals surface area contributed by atoms with Gasteiger partial charge >= 0.3 is 0 Å². The van der Waals surface area contributed by atoms with Gasteiger partial charge in [0.25, 0.3) is 5.91 Å². The Balaban J connectivity index is 2.39. The number of nitrogens with one attached hydrogen (secondary N) is 1. The van der Waals surface area contributed by atoms with Gasteiger partial charge in [0.15, 0.2) is 0 Å². The molecule has 0 atom stereocenters. The van der Waals surface area contributed by atoms with Gasteiger partial charge in [-0.3, -0.25) is 9.59 Å². The van der Waals surface area contributed by atoms with Gasteiger partial charge in [0.05, 0.1) is 7.11 Å². The molecule has 2 amide bonds. The number of carbonyl (C=O) groups is 2. The Bertz CT molecular complexity index is 757. The van der Waals surface area contributed by atoms with Crippen molar-refractivity contribution in [3.8, 4) is 5.75 Å². The molecule has 128 valence electrons. The highest BCUT2D eigenvalue weighted by Crippen LogP contribution is 2.31. The molecule has 0 radical (unpaired) electrons. The predicted octanol–water partition coefficient (Wildman–Crippen LogP) is 1.63. The van der Waals surface area contributed by atoms with Crippen LogP contribution in [0.5, 0.6) is 5.75 Å². The summed E-state index contributed by atoms with van der Waals surface area (Å²) in [5.74, 6) is -0.206. The maximum absolute atomic E-state index is 12.6. The molecule has 2 rings (SSSR count). The molecule has 6 heteroatoms. The van der Waals surface area contributed by atoms with Gasteiger partial charge < -0.3 is 20.7 Å². The zero-order valence-corrected chi connectivity index (χ0v) is 14.3. The maximum Gasteiger partial charge on any atom is 0.251 e. The van der Waals surface area contributed by atoms with Gasteiger partial charge in [-0.2, -0.15) is 0 Å². The summed E-state index contributed by atoms with van der Waals surface area (Å²) in [5.41, 5.74) is 6.21. The third kappa shape index (κ3) is 3.83. The second-order valence-corrected chi connectivity index (χ2v) is 5.82. The quantitative estimate of drug-likeness (QED) is 0.756. The molecule has 0 aliphatic heterocycles. The Morgan fingerprint density at radius 1 is 1.17 bits per heavy atom. The van der Waals surface area contributed by atoms with E-state index < -0.39 is 5.91 Å². The van der Waals surface area contributed by atoms with Crippen LogP contribution in [0.4, 0.5) is 0 Å². The number of amides is 2. The highest BCUT2D eigenvalue weighted by Gasteiger charge is 2.17. The lowest BCUT2D eigenvalue weighted by Gasteiger charge is -2.14. The zero-order valence-electron chi connectivity index (χ0n) is 14.3. The Kier molecular flexibility index (Phi) is 5.76. The van der Waals surface area contributed by atoms with E-state index in [1.807, 2.05) is 20.2 Å². The molecular weight excluding hydrogens is 306 g/mol. The normalized spacial score (nSPS) is 10.8. The molecule has 24 heavy (non-hydrogen) atoms. The van der Waals surface area contributed by atoms with E-state index in [0.717, 1.165) is 13.0 Å². The number of methoxy groups -OCH3 is 1. The minimum absolute atomic E-state index is 0.227. The summed E-state index contributed by atoms with van der Waals surface area (Å²) in [6.07, 6.45) is 0.843. The van der Waals surface area contributed by atoms with E-state index in [0.29, 0.717) is 34.2 Å². The van der Waals surface area contributed by atoms with Gasteiger partial charge in [0, 0.05) is 28.4 Å². The van der Waals surface area contributed by atoms with Gasteiger partial charge in [0.2, 0.25) is 5.91 Å². The smallest absolute Gasteiger partial charge is 0.251 e. The fourth-order valence-corrected chi connectivity index (χ4v) is 2.64. The summed E-state index contributed by atoms with van der Waals surface area (Å²) >= 11 is 0. The van der Waals surface area contributed by atoms with Crippen molar-refractivity contribution in [3.63, 3.8) is 0 Å². The predicted molar refractivity (Wildman–Crippen MR) is 94.5 cm³/mol. The van der Waals surface area contributed by atoms with Gasteiger partial charge in [-0.15, -0.1) is 0 Å². The molecule has 3 N–H and O–H groups in total. The van der Waals surface area contributed by atoms with E-state index in [-0.39, 0.29) is 5.91 Å². The average molecular weight is 329 g/mol. The third-order valence-corrected chi connectivity index (χ3v) is 3.80. The number of benzene rings is 2. The number of carbonyl (C=O) groups excluding carboxylic acids is 2. The lowest BCUT2D eigenvalue weighted by atomic mass is 9.97. The summed E-state index contributed by atoms with van der Waals surface area (Å²) < 4.78 is 5.33. The van der Waals surface area contributed by atoms with Crippen molar-refractivity contribution in [2.24, 2.45) is 5.73 Å². The number of hydrogen-bond donors (Lipinski definition) is 2. The van der Waals surface area contributed by atoms with E-state index in [9.17, 15) is 9.59 Å². The van der Waals surface area contributed by atoms with Crippen molar-refractivity contribution < 1.29 is 14.3 Å². The summed E-state index contributed by atoms with van der Waals surface area (Å²) in [4.78, 5) is 26.4. The van der Waals surface area contributed by atoms with Gasteiger partial charge in [-0.1, -0.05) is 12.1 Å². The highest BCUT2D eigenvalue weighted by molar-refractivity contribution is 6.16. The number of nitrogens with zero attached hydrogens (tertiary/aromatic N) is 1. The Morgan fingerprint density at radius 3 is 2.54 bits per heavy atom. The molecule has 0 saturated carbocycles. The summed E-state index contributed by atoms with van der Waals surface area (Å²) in [6, 6.07) is 8.54. The topological polar surface area (TPSA) is 84.7 Å². The highest BCUT2D eigenvalue weighted by atomic mass is 16.5. The second-order valence-electron chi connectivity index (χ2n) is 5.82. The first kappa shape index (κ1) is 17.7. The molecular formula is C18H23N3O3. The molecule has 0 bridgehead atoms. The monoisotopic (exact) mass is 329 g/mol. The molecule has 6 nitrogen and oxygen atoms in total. The molecule has 0 spiro atoms. The SMILES string of the molecule is COc1ccc(C(=O)NCCCN(C)C)c2c(C(N)=O)cccc12. The number of fused-ring (bicyclic) bond motifs is 1. The number of primary amides is 1. The lowest BCUT2D eigenvalue weighted by Crippen LogP contribution is -2.27. The molecule has 0 aliphatic rings. The van der Waals surface area contributed by atoms with Crippen LogP contribution in [0, 0.1) is 0 Å². The first-order valence-corrected chi connectivity index (χ1v) is 7.78. The average Bonchev–Trinajstić information content (AvgIpc) is 2.56. The number of hydrogen-bond acceptors (Lipinski definition) is 4. The summed E-state index contributed by atoms with van der Waals surface area (Å²) in [5, 5.41) is 4.10. The first-order valence-electron chi connectivity index (χ1n) is 7.78. The Hall–Kier alpha value is -2.60. The van der Waals surface area contributed by atoms with Crippen LogP contribution in [0.1, 0.15) is 27.1 Å². The third-order valence-electron chi connectivity index (χ3n) is 3.80. The van der Waals surface area contributed by atoms with E-state index in [1.165, 1.54) is 0 Å². The van der Waals surface area contributed by atoms with Crippen molar-refractivity contribution in [1.29, 1.82) is 0 Å². The van der Waals surface area contributed by atoms with E-state index in [4.69, 9.17) is 10.5 Å². The Morgan fingerprint density at radius 2 is 1.92 bits per heavy atom. The van der Waals surface area contributed by atoms with Crippen LogP contribution < -0.4 is 15.8 Å². The van der Waals surface area contributed by atoms with Gasteiger partial charge in [-0.05, 0) is 45.3 Å². The minimum atomic E-state index is -0.574. The maximum atomic E-state index is 12.6. The second kappa shape index (κ2) is 7.79. The van der Waals surface area contributed by atoms with Crippen LogP contribution in [-0.4, -0.2) is 51.0 Å². The van der Waals surface area contributed by atoms with Crippen molar-refractivity contribution in [2.75, 3.05) is 34.3 Å². The Labute approximate surface area is 141 Å². The van der Waals surface area contributed by atoms with Crippen LogP contribution in [-0.2, 0) is 0 Å². The van der Waals surface area contributed by atoms with Crippen molar-refractivity contribution in [3.05, 3.63) is 41.5 Å². The van der Waals surface area contributed by atoms with Gasteiger partial charge in [0.1, 0.15) is 5.75 Å². The molecule has 2 aromatic rings. The van der Waals surface area contributed by atoms with Crippen LogP contribution in [0.25, 0.3) is 10.8 Å². The molecule has 0 aromatic heterocycles. The van der Waals surface area contributed by atoms with Crippen LogP contribution >= 0.6 is 0 Å². The number of nitrogens with two attached hydrogens (primary N) is 1. The van der Waals surface area contributed by atoms with E-state index >= 15 is 0 Å². The van der Waals surface area contributed by atoms with Crippen LogP contribution in [0.3, 0.4) is 0 Å². The molecule has 0 unspecified atom stereocenters. The number of rotatable bonds is 7. The lowest BCUT2D eigenvalue weighted by molar-refractivity contribution is 0.0953. The van der Waals surface area contributed by atoms with Crippen LogP contribution in [0.15, 0.2) is 30.3 Å². The van der Waals surface area contributed by atoms with Crippen molar-refractivity contribution >= 4 is 22.6 Å². The van der Waals surface area contributed by atoms with E-state index in [1.54, 1.807) is 31.4 Å². The molecule has 2 aromatic carbocycles. The summed E-state index contributed by atoms with van der Waals surface area (Å²) in [6.45, 7) is 1.44. The molecule has 0 fully saturated rings. The fraction of sp³-hybridized carbons (Fsp3) is 0.333. The summed E-state index contributed by atoms with van der Waals surface area (Å²) in [7, 11) is 5.52. The van der Waals surface area contributed by atoms with Crippen molar-refractivity contribution in [2.45, 2.75) is 6.42 Å². The van der Waals surface area contributed by atoms with Gasteiger partial charge in [-0.25, -0.2) is 0 Å². The number of ether oxygens (including phenoxy) is 1. The van der Waals surface area contributed by atoms with Crippen molar-refractivity contribution in [1.82, 2.24) is 10.2 Å².